The molecule has 0 aromatic heterocycles. The van der Waals surface area contributed by atoms with Crippen LogP contribution >= 0.6 is 0 Å². The highest BCUT2D eigenvalue weighted by Crippen LogP contribution is 2.04. The van der Waals surface area contributed by atoms with Crippen molar-refractivity contribution < 1.29 is 22.7 Å². The summed E-state index contributed by atoms with van der Waals surface area (Å²) in [6, 6.07) is 0. The quantitative estimate of drug-likeness (QED) is 0.565. The molecule has 1 heterocycles. The number of hydrogen-bond acceptors (Lipinski definition) is 5. The van der Waals surface area contributed by atoms with Crippen LogP contribution in [-0.4, -0.2) is 57.1 Å². The van der Waals surface area contributed by atoms with Gasteiger partial charge < -0.3 is 4.74 Å². The van der Waals surface area contributed by atoms with Crippen molar-refractivity contribution in [2.24, 2.45) is 0 Å². The average molecular weight is 236 g/mol. The van der Waals surface area contributed by atoms with Gasteiger partial charge in [-0.25, -0.2) is 8.42 Å². The van der Waals surface area contributed by atoms with E-state index in [9.17, 15) is 18.0 Å². The van der Waals surface area contributed by atoms with Gasteiger partial charge in [0, 0.05) is 7.11 Å². The Balaban J connectivity index is 2.70. The molecule has 15 heavy (non-hydrogen) atoms. The molecule has 8 heteroatoms. The zero-order valence-electron chi connectivity index (χ0n) is 8.23. The molecule has 0 radical (unpaired) electrons. The van der Waals surface area contributed by atoms with E-state index < -0.39 is 21.8 Å². The molecule has 0 saturated carbocycles. The Kier molecular flexibility index (Phi) is 3.77. The van der Waals surface area contributed by atoms with Gasteiger partial charge in [-0.2, -0.15) is 4.31 Å². The van der Waals surface area contributed by atoms with Crippen molar-refractivity contribution in [2.75, 3.05) is 32.6 Å². The number of nitrogens with one attached hydrogen (secondary N) is 1. The Morgan fingerprint density at radius 2 is 1.87 bits per heavy atom. The lowest BCUT2D eigenvalue weighted by Gasteiger charge is -2.24. The van der Waals surface area contributed by atoms with Crippen LogP contribution in [0.25, 0.3) is 0 Å². The van der Waals surface area contributed by atoms with E-state index in [2.05, 4.69) is 4.74 Å². The highest BCUT2D eigenvalue weighted by Gasteiger charge is 2.31. The van der Waals surface area contributed by atoms with Crippen LogP contribution in [0.5, 0.6) is 0 Å². The number of rotatable bonds is 4. The van der Waals surface area contributed by atoms with Gasteiger partial charge in [-0.1, -0.05) is 0 Å². The fraction of sp³-hybridized carbons (Fsp3) is 0.714. The molecule has 1 saturated heterocycles. The first-order valence-corrected chi connectivity index (χ1v) is 5.86. The average Bonchev–Trinajstić information content (AvgIpc) is 2.13. The number of carbonyl (C=O) groups is 2. The molecule has 0 aromatic carbocycles. The molecular formula is C7H12N2O5S. The monoisotopic (exact) mass is 236 g/mol. The number of sulfonamides is 1. The number of hydrogen-bond donors (Lipinski definition) is 1. The summed E-state index contributed by atoms with van der Waals surface area (Å²) in [5.41, 5.74) is 0. The van der Waals surface area contributed by atoms with E-state index in [1.54, 1.807) is 0 Å². The van der Waals surface area contributed by atoms with Crippen LogP contribution in [-0.2, 0) is 24.3 Å². The lowest BCUT2D eigenvalue weighted by atomic mass is 10.4. The van der Waals surface area contributed by atoms with Crippen molar-refractivity contribution in [2.45, 2.75) is 0 Å². The molecule has 1 rings (SSSR count). The maximum absolute atomic E-state index is 11.5. The van der Waals surface area contributed by atoms with Gasteiger partial charge in [-0.05, 0) is 0 Å². The molecular weight excluding hydrogens is 224 g/mol. The molecule has 2 amide bonds. The summed E-state index contributed by atoms with van der Waals surface area (Å²) in [6.07, 6.45) is 0. The minimum Gasteiger partial charge on any atom is -0.384 e. The third-order valence-corrected chi connectivity index (χ3v) is 3.59. The second-order valence-electron chi connectivity index (χ2n) is 3.05. The summed E-state index contributed by atoms with van der Waals surface area (Å²) < 4.78 is 28.6. The summed E-state index contributed by atoms with van der Waals surface area (Å²) in [5, 5.41) is 2.02. The molecule has 0 spiro atoms. The Labute approximate surface area is 87.4 Å². The summed E-state index contributed by atoms with van der Waals surface area (Å²) in [5.74, 6) is -1.44. The van der Waals surface area contributed by atoms with E-state index in [1.165, 1.54) is 7.11 Å². The molecule has 7 nitrogen and oxygen atoms in total. The standard InChI is InChI=1S/C7H12N2O5S/c1-14-2-3-15(12,13)9-4-6(10)8-7(11)5-9/h2-5H2,1H3,(H,8,10,11). The summed E-state index contributed by atoms with van der Waals surface area (Å²) in [7, 11) is -2.21. The molecule has 1 fully saturated rings. The number of methoxy groups -OCH3 is 1. The molecule has 0 atom stereocenters. The number of piperazine rings is 1. The zero-order chi connectivity index (χ0) is 11.5. The fourth-order valence-electron chi connectivity index (χ4n) is 1.13. The summed E-state index contributed by atoms with van der Waals surface area (Å²) in [6.45, 7) is -0.579. The number of amides is 2. The van der Waals surface area contributed by atoms with Crippen molar-refractivity contribution in [3.8, 4) is 0 Å². The Morgan fingerprint density at radius 1 is 1.33 bits per heavy atom. The highest BCUT2D eigenvalue weighted by molar-refractivity contribution is 7.89. The minimum absolute atomic E-state index is 0.0364. The van der Waals surface area contributed by atoms with E-state index >= 15 is 0 Å². The lowest BCUT2D eigenvalue weighted by molar-refractivity contribution is -0.134. The molecule has 0 unspecified atom stereocenters. The van der Waals surface area contributed by atoms with E-state index in [0.717, 1.165) is 4.31 Å². The van der Waals surface area contributed by atoms with Crippen LogP contribution in [0.3, 0.4) is 0 Å². The Morgan fingerprint density at radius 3 is 2.33 bits per heavy atom. The first-order valence-electron chi connectivity index (χ1n) is 4.25. The molecule has 1 aliphatic heterocycles. The summed E-state index contributed by atoms with van der Waals surface area (Å²) >= 11 is 0. The SMILES string of the molecule is COCCS(=O)(=O)N1CC(=O)NC(=O)C1. The maximum atomic E-state index is 11.5. The van der Waals surface area contributed by atoms with Gasteiger partial charge in [-0.15, -0.1) is 0 Å². The zero-order valence-corrected chi connectivity index (χ0v) is 9.04. The lowest BCUT2D eigenvalue weighted by Crippen LogP contribution is -2.53. The van der Waals surface area contributed by atoms with Crippen molar-refractivity contribution in [3.63, 3.8) is 0 Å². The highest BCUT2D eigenvalue weighted by atomic mass is 32.2. The molecule has 1 N–H and O–H groups in total. The van der Waals surface area contributed by atoms with Crippen LogP contribution in [0.4, 0.5) is 0 Å². The third-order valence-electron chi connectivity index (χ3n) is 1.86. The van der Waals surface area contributed by atoms with Crippen LogP contribution in [0.1, 0.15) is 0 Å². The van der Waals surface area contributed by atoms with Gasteiger partial charge in [-0.3, -0.25) is 14.9 Å². The number of ether oxygens (including phenoxy) is 1. The van der Waals surface area contributed by atoms with Gasteiger partial charge >= 0.3 is 0 Å². The smallest absolute Gasteiger partial charge is 0.241 e. The Bertz CT molecular complexity index is 348. The van der Waals surface area contributed by atoms with Crippen molar-refractivity contribution in [1.82, 2.24) is 9.62 Å². The van der Waals surface area contributed by atoms with Gasteiger partial charge in [0.1, 0.15) is 0 Å². The van der Waals surface area contributed by atoms with E-state index in [0.29, 0.717) is 0 Å². The van der Waals surface area contributed by atoms with Crippen molar-refractivity contribution in [3.05, 3.63) is 0 Å². The van der Waals surface area contributed by atoms with Crippen LogP contribution in [0.2, 0.25) is 0 Å². The van der Waals surface area contributed by atoms with Crippen molar-refractivity contribution >= 4 is 21.8 Å². The maximum Gasteiger partial charge on any atom is 0.241 e. The van der Waals surface area contributed by atoms with E-state index in [-0.39, 0.29) is 25.4 Å². The summed E-state index contributed by atoms with van der Waals surface area (Å²) in [4.78, 5) is 21.9. The van der Waals surface area contributed by atoms with Crippen LogP contribution in [0.15, 0.2) is 0 Å². The van der Waals surface area contributed by atoms with Crippen molar-refractivity contribution in [1.29, 1.82) is 0 Å². The normalized spacial score (nSPS) is 19.0. The second-order valence-corrected chi connectivity index (χ2v) is 5.14. The van der Waals surface area contributed by atoms with E-state index in [1.807, 2.05) is 5.32 Å². The van der Waals surface area contributed by atoms with Crippen LogP contribution in [0, 0.1) is 0 Å². The minimum atomic E-state index is -3.58. The number of nitrogens with zero attached hydrogens (tertiary/aromatic N) is 1. The molecule has 0 aliphatic carbocycles. The molecule has 0 bridgehead atoms. The third kappa shape index (κ3) is 3.26. The fourth-order valence-corrected chi connectivity index (χ4v) is 2.39. The topological polar surface area (TPSA) is 92.8 Å². The molecule has 86 valence electrons. The van der Waals surface area contributed by atoms with Gasteiger partial charge in [0.25, 0.3) is 0 Å². The molecule has 0 aromatic rings. The van der Waals surface area contributed by atoms with E-state index in [4.69, 9.17) is 0 Å². The van der Waals surface area contributed by atoms with Crippen LogP contribution < -0.4 is 5.32 Å². The van der Waals surface area contributed by atoms with Gasteiger partial charge in [0.2, 0.25) is 21.8 Å². The first-order chi connectivity index (χ1) is 6.95. The predicted octanol–water partition coefficient (Wildman–Crippen LogP) is -2.08. The number of imide groups is 1. The number of carbonyl (C=O) groups excluding carboxylic acids is 2. The first kappa shape index (κ1) is 12.1. The molecule has 1 aliphatic rings. The van der Waals surface area contributed by atoms with Gasteiger partial charge in [0.05, 0.1) is 25.4 Å². The second kappa shape index (κ2) is 4.69. The largest absolute Gasteiger partial charge is 0.384 e. The predicted molar refractivity (Wildman–Crippen MR) is 50.4 cm³/mol. The van der Waals surface area contributed by atoms with Gasteiger partial charge in [0.15, 0.2) is 0 Å². The Hall–Kier alpha value is -0.990.